The second kappa shape index (κ2) is 5.41. The highest BCUT2D eigenvalue weighted by Crippen LogP contribution is 2.23. The molecule has 2 N–H and O–H groups in total. The van der Waals surface area contributed by atoms with Crippen LogP contribution in [-0.4, -0.2) is 24.7 Å². The average molecular weight is 280 g/mol. The summed E-state index contributed by atoms with van der Waals surface area (Å²) in [5, 5.41) is 7.17. The largest absolute Gasteiger partial charge is 0.338 e. The Kier molecular flexibility index (Phi) is 3.87. The van der Waals surface area contributed by atoms with E-state index in [1.165, 1.54) is 0 Å². The number of benzene rings is 1. The van der Waals surface area contributed by atoms with Crippen LogP contribution in [0, 0.1) is 0 Å². The van der Waals surface area contributed by atoms with Gasteiger partial charge >= 0.3 is 0 Å². The van der Waals surface area contributed by atoms with E-state index < -0.39 is 10.0 Å². The first-order valence-corrected chi connectivity index (χ1v) is 7.36. The second-order valence-corrected chi connectivity index (χ2v) is 5.73. The molecule has 2 rings (SSSR count). The maximum atomic E-state index is 12.1. The Morgan fingerprint density at radius 3 is 2.63 bits per heavy atom. The molecule has 0 atom stereocenters. The van der Waals surface area contributed by atoms with Gasteiger partial charge in [0.05, 0.1) is 5.69 Å². The van der Waals surface area contributed by atoms with Crippen LogP contribution in [-0.2, 0) is 17.1 Å². The van der Waals surface area contributed by atoms with Gasteiger partial charge < -0.3 is 5.32 Å². The Bertz CT molecular complexity index is 664. The molecule has 7 heteroatoms. The fraction of sp³-hybridized carbons (Fsp3) is 0.250. The van der Waals surface area contributed by atoms with Crippen molar-refractivity contribution in [1.29, 1.82) is 0 Å². The first-order valence-electron chi connectivity index (χ1n) is 5.88. The van der Waals surface area contributed by atoms with Crippen molar-refractivity contribution in [2.75, 3.05) is 11.9 Å². The molecular formula is C12H16N4O2S. The summed E-state index contributed by atoms with van der Waals surface area (Å²) in [5.41, 5.74) is 0.502. The number of hydrogen-bond donors (Lipinski definition) is 2. The van der Waals surface area contributed by atoms with Crippen molar-refractivity contribution in [2.24, 2.45) is 7.05 Å². The average Bonchev–Trinajstić information content (AvgIpc) is 2.75. The summed E-state index contributed by atoms with van der Waals surface area (Å²) in [7, 11) is -1.70. The van der Waals surface area contributed by atoms with Crippen LogP contribution < -0.4 is 10.0 Å². The van der Waals surface area contributed by atoms with E-state index in [9.17, 15) is 8.42 Å². The van der Waals surface area contributed by atoms with Crippen molar-refractivity contribution in [3.8, 4) is 0 Å². The van der Waals surface area contributed by atoms with Crippen LogP contribution in [0.25, 0.3) is 0 Å². The molecule has 2 aromatic rings. The molecule has 0 aliphatic carbocycles. The van der Waals surface area contributed by atoms with E-state index in [-0.39, 0.29) is 4.90 Å². The summed E-state index contributed by atoms with van der Waals surface area (Å²) in [6, 6.07) is 8.50. The van der Waals surface area contributed by atoms with Crippen molar-refractivity contribution >= 4 is 21.5 Å². The van der Waals surface area contributed by atoms with Gasteiger partial charge in [0.25, 0.3) is 0 Å². The summed E-state index contributed by atoms with van der Waals surface area (Å²) in [6.07, 6.45) is 1.78. The fourth-order valence-electron chi connectivity index (χ4n) is 1.69. The van der Waals surface area contributed by atoms with Gasteiger partial charge in [-0.3, -0.25) is 4.68 Å². The number of sulfonamides is 1. The Morgan fingerprint density at radius 1 is 1.26 bits per heavy atom. The number of aromatic nitrogens is 2. The lowest BCUT2D eigenvalue weighted by Crippen LogP contribution is -2.23. The lowest BCUT2D eigenvalue weighted by atomic mass is 10.3. The van der Waals surface area contributed by atoms with Gasteiger partial charge in [-0.05, 0) is 12.1 Å². The lowest BCUT2D eigenvalue weighted by molar-refractivity contribution is 0.584. The number of para-hydroxylation sites is 1. The van der Waals surface area contributed by atoms with E-state index in [0.717, 1.165) is 0 Å². The van der Waals surface area contributed by atoms with Gasteiger partial charge in [0, 0.05) is 25.9 Å². The number of nitrogens with one attached hydrogen (secondary N) is 2. The zero-order valence-corrected chi connectivity index (χ0v) is 11.6. The van der Waals surface area contributed by atoms with E-state index >= 15 is 0 Å². The number of rotatable bonds is 5. The maximum Gasteiger partial charge on any atom is 0.242 e. The zero-order chi connectivity index (χ0) is 13.9. The minimum absolute atomic E-state index is 0.211. The molecule has 0 unspecified atom stereocenters. The molecule has 0 bridgehead atoms. The topological polar surface area (TPSA) is 76.0 Å². The van der Waals surface area contributed by atoms with Crippen LogP contribution in [0.15, 0.2) is 41.4 Å². The predicted molar refractivity (Wildman–Crippen MR) is 73.8 cm³/mol. The molecule has 0 spiro atoms. The van der Waals surface area contributed by atoms with E-state index in [1.807, 2.05) is 0 Å². The highest BCUT2D eigenvalue weighted by molar-refractivity contribution is 7.89. The molecule has 0 aliphatic rings. The van der Waals surface area contributed by atoms with Gasteiger partial charge in [-0.2, -0.15) is 5.10 Å². The maximum absolute atomic E-state index is 12.1. The van der Waals surface area contributed by atoms with Crippen molar-refractivity contribution in [1.82, 2.24) is 14.5 Å². The Hall–Kier alpha value is -1.86. The first-order chi connectivity index (χ1) is 9.03. The number of aryl methyl sites for hydroxylation is 1. The van der Waals surface area contributed by atoms with E-state index in [4.69, 9.17) is 0 Å². The van der Waals surface area contributed by atoms with Gasteiger partial charge in [0.1, 0.15) is 4.90 Å². The SMILES string of the molecule is CCNS(=O)(=O)c1ccccc1Nc1ccn(C)n1. The molecule has 0 saturated heterocycles. The van der Waals surface area contributed by atoms with Gasteiger partial charge in [-0.1, -0.05) is 19.1 Å². The summed E-state index contributed by atoms with van der Waals surface area (Å²) < 4.78 is 28.3. The minimum Gasteiger partial charge on any atom is -0.338 e. The molecule has 0 aliphatic heterocycles. The number of anilines is 2. The molecule has 1 aromatic carbocycles. The van der Waals surface area contributed by atoms with Gasteiger partial charge in [0.2, 0.25) is 10.0 Å². The molecular weight excluding hydrogens is 264 g/mol. The predicted octanol–water partition coefficient (Wildman–Crippen LogP) is 1.46. The molecule has 0 amide bonds. The van der Waals surface area contributed by atoms with Crippen LogP contribution in [0.2, 0.25) is 0 Å². The summed E-state index contributed by atoms with van der Waals surface area (Å²) in [4.78, 5) is 0.211. The zero-order valence-electron chi connectivity index (χ0n) is 10.8. The highest BCUT2D eigenvalue weighted by Gasteiger charge is 2.17. The summed E-state index contributed by atoms with van der Waals surface area (Å²) in [6.45, 7) is 2.09. The quantitative estimate of drug-likeness (QED) is 0.869. The normalized spacial score (nSPS) is 11.5. The first kappa shape index (κ1) is 13.6. The minimum atomic E-state index is -3.50. The molecule has 1 heterocycles. The Morgan fingerprint density at radius 2 is 2.00 bits per heavy atom. The van der Waals surface area contributed by atoms with Gasteiger partial charge in [0.15, 0.2) is 5.82 Å². The van der Waals surface area contributed by atoms with Crippen molar-refractivity contribution in [2.45, 2.75) is 11.8 Å². The third-order valence-corrected chi connectivity index (χ3v) is 4.09. The molecule has 1 aromatic heterocycles. The Labute approximate surface area is 112 Å². The Balaban J connectivity index is 2.36. The monoisotopic (exact) mass is 280 g/mol. The van der Waals surface area contributed by atoms with Crippen molar-refractivity contribution in [3.63, 3.8) is 0 Å². The third-order valence-electron chi connectivity index (χ3n) is 2.49. The summed E-state index contributed by atoms with van der Waals surface area (Å²) >= 11 is 0. The molecule has 102 valence electrons. The van der Waals surface area contributed by atoms with E-state index in [1.54, 1.807) is 55.2 Å². The molecule has 6 nitrogen and oxygen atoms in total. The van der Waals surface area contributed by atoms with E-state index in [0.29, 0.717) is 18.1 Å². The molecule has 0 radical (unpaired) electrons. The van der Waals surface area contributed by atoms with Crippen molar-refractivity contribution < 1.29 is 8.42 Å². The molecule has 0 fully saturated rings. The smallest absolute Gasteiger partial charge is 0.242 e. The highest BCUT2D eigenvalue weighted by atomic mass is 32.2. The van der Waals surface area contributed by atoms with Crippen LogP contribution in [0.1, 0.15) is 6.92 Å². The number of hydrogen-bond acceptors (Lipinski definition) is 4. The van der Waals surface area contributed by atoms with Gasteiger partial charge in [-0.15, -0.1) is 0 Å². The standard InChI is InChI=1S/C12H16N4O2S/c1-3-13-19(17,18)11-7-5-4-6-10(11)14-12-8-9-16(2)15-12/h4-9,13H,3H2,1-2H3,(H,14,15). The van der Waals surface area contributed by atoms with Crippen LogP contribution >= 0.6 is 0 Å². The number of nitrogens with zero attached hydrogens (tertiary/aromatic N) is 2. The van der Waals surface area contributed by atoms with Crippen LogP contribution in [0.3, 0.4) is 0 Å². The summed E-state index contributed by atoms with van der Waals surface area (Å²) in [5.74, 6) is 0.599. The van der Waals surface area contributed by atoms with Crippen LogP contribution in [0.5, 0.6) is 0 Å². The fourth-order valence-corrected chi connectivity index (χ4v) is 2.89. The van der Waals surface area contributed by atoms with Crippen molar-refractivity contribution in [3.05, 3.63) is 36.5 Å². The van der Waals surface area contributed by atoms with E-state index in [2.05, 4.69) is 15.1 Å². The molecule has 19 heavy (non-hydrogen) atoms. The van der Waals surface area contributed by atoms with Crippen LogP contribution in [0.4, 0.5) is 11.5 Å². The second-order valence-electron chi connectivity index (χ2n) is 4.00. The van der Waals surface area contributed by atoms with Gasteiger partial charge in [-0.25, -0.2) is 13.1 Å². The lowest BCUT2D eigenvalue weighted by Gasteiger charge is -2.11. The molecule has 0 saturated carbocycles. The third kappa shape index (κ3) is 3.12.